The van der Waals surface area contributed by atoms with Crippen LogP contribution in [-0.2, 0) is 5.41 Å². The van der Waals surface area contributed by atoms with Crippen LogP contribution < -0.4 is 10.5 Å². The monoisotopic (exact) mass is 219 g/mol. The highest BCUT2D eigenvalue weighted by molar-refractivity contribution is 5.51. The van der Waals surface area contributed by atoms with Crippen molar-refractivity contribution in [3.63, 3.8) is 0 Å². The van der Waals surface area contributed by atoms with Crippen LogP contribution in [0, 0.1) is 12.3 Å². The van der Waals surface area contributed by atoms with E-state index in [9.17, 15) is 0 Å². The number of ether oxygens (including phenoxy) is 1. The first-order valence-electron chi connectivity index (χ1n) is 5.83. The van der Waals surface area contributed by atoms with Gasteiger partial charge in [0.05, 0.1) is 7.11 Å². The van der Waals surface area contributed by atoms with Crippen LogP contribution in [-0.4, -0.2) is 13.7 Å². The zero-order valence-corrected chi connectivity index (χ0v) is 10.6. The van der Waals surface area contributed by atoms with Gasteiger partial charge < -0.3 is 10.5 Å². The van der Waals surface area contributed by atoms with E-state index in [-0.39, 0.29) is 5.41 Å². The van der Waals surface area contributed by atoms with Crippen molar-refractivity contribution in [2.24, 2.45) is 11.1 Å². The number of hydrogen-bond acceptors (Lipinski definition) is 2. The van der Waals surface area contributed by atoms with Gasteiger partial charge in [-0.15, -0.1) is 0 Å². The predicted molar refractivity (Wildman–Crippen MR) is 66.9 cm³/mol. The van der Waals surface area contributed by atoms with Crippen molar-refractivity contribution in [3.05, 3.63) is 29.3 Å². The number of hydrogen-bond donors (Lipinski definition) is 1. The summed E-state index contributed by atoms with van der Waals surface area (Å²) >= 11 is 0. The van der Waals surface area contributed by atoms with E-state index in [1.54, 1.807) is 7.11 Å². The summed E-state index contributed by atoms with van der Waals surface area (Å²) < 4.78 is 5.49. The maximum absolute atomic E-state index is 6.01. The second-order valence-corrected chi connectivity index (χ2v) is 5.50. The highest BCUT2D eigenvalue weighted by atomic mass is 16.5. The van der Waals surface area contributed by atoms with Crippen LogP contribution in [0.5, 0.6) is 5.75 Å². The Kier molecular flexibility index (Phi) is 2.50. The van der Waals surface area contributed by atoms with E-state index in [0.29, 0.717) is 12.0 Å². The van der Waals surface area contributed by atoms with Gasteiger partial charge in [-0.05, 0) is 30.4 Å². The molecule has 2 rings (SSSR count). The molecule has 0 amide bonds. The van der Waals surface area contributed by atoms with E-state index >= 15 is 0 Å². The maximum atomic E-state index is 6.01. The summed E-state index contributed by atoms with van der Waals surface area (Å²) in [6.07, 6.45) is 1.15. The van der Waals surface area contributed by atoms with Gasteiger partial charge in [0.15, 0.2) is 0 Å². The Hall–Kier alpha value is -1.02. The van der Waals surface area contributed by atoms with Gasteiger partial charge >= 0.3 is 0 Å². The molecule has 16 heavy (non-hydrogen) atoms. The molecular weight excluding hydrogens is 198 g/mol. The van der Waals surface area contributed by atoms with E-state index in [0.717, 1.165) is 12.2 Å². The summed E-state index contributed by atoms with van der Waals surface area (Å²) in [5, 5.41) is 0. The lowest BCUT2D eigenvalue weighted by Gasteiger charge is -2.23. The molecule has 0 heterocycles. The van der Waals surface area contributed by atoms with Crippen molar-refractivity contribution >= 4 is 0 Å². The minimum absolute atomic E-state index is 0.115. The predicted octanol–water partition coefficient (Wildman–Crippen LogP) is 2.63. The molecule has 1 fully saturated rings. The first-order valence-corrected chi connectivity index (χ1v) is 5.83. The molecule has 1 saturated carbocycles. The number of aryl methyl sites for hydroxylation is 1. The molecule has 0 aliphatic heterocycles. The molecule has 2 heteroatoms. The van der Waals surface area contributed by atoms with Gasteiger partial charge in [0.1, 0.15) is 5.75 Å². The number of methoxy groups -OCH3 is 1. The number of benzene rings is 1. The SMILES string of the molecule is COc1cccc(C)c1C1(CN)CC1(C)C. The summed E-state index contributed by atoms with van der Waals surface area (Å²) in [7, 11) is 1.73. The van der Waals surface area contributed by atoms with Crippen molar-refractivity contribution in [1.82, 2.24) is 0 Å². The van der Waals surface area contributed by atoms with Gasteiger partial charge in [-0.1, -0.05) is 26.0 Å². The van der Waals surface area contributed by atoms with Gasteiger partial charge in [-0.25, -0.2) is 0 Å². The van der Waals surface area contributed by atoms with Crippen molar-refractivity contribution in [2.45, 2.75) is 32.6 Å². The van der Waals surface area contributed by atoms with Gasteiger partial charge in [-0.2, -0.15) is 0 Å². The number of nitrogens with two attached hydrogens (primary N) is 1. The fourth-order valence-electron chi connectivity index (χ4n) is 3.01. The molecule has 0 saturated heterocycles. The van der Waals surface area contributed by atoms with Gasteiger partial charge in [0, 0.05) is 17.5 Å². The van der Waals surface area contributed by atoms with Crippen LogP contribution in [0.3, 0.4) is 0 Å². The molecule has 88 valence electrons. The molecule has 2 nitrogen and oxygen atoms in total. The molecule has 0 spiro atoms. The van der Waals surface area contributed by atoms with E-state index in [4.69, 9.17) is 10.5 Å². The normalized spacial score (nSPS) is 26.6. The summed E-state index contributed by atoms with van der Waals surface area (Å²) in [4.78, 5) is 0. The average molecular weight is 219 g/mol. The Bertz CT molecular complexity index is 411. The quantitative estimate of drug-likeness (QED) is 0.848. The summed E-state index contributed by atoms with van der Waals surface area (Å²) in [6, 6.07) is 6.22. The van der Waals surface area contributed by atoms with Crippen LogP contribution >= 0.6 is 0 Å². The summed E-state index contributed by atoms with van der Waals surface area (Å²) in [5.74, 6) is 0.982. The van der Waals surface area contributed by atoms with Crippen LogP contribution in [0.15, 0.2) is 18.2 Å². The largest absolute Gasteiger partial charge is 0.496 e. The molecular formula is C14H21NO. The topological polar surface area (TPSA) is 35.2 Å². The molecule has 1 unspecified atom stereocenters. The molecule has 1 aliphatic carbocycles. The second kappa shape index (κ2) is 3.49. The maximum Gasteiger partial charge on any atom is 0.122 e. The van der Waals surface area contributed by atoms with E-state index in [1.165, 1.54) is 11.1 Å². The van der Waals surface area contributed by atoms with E-state index < -0.39 is 0 Å². The Morgan fingerprint density at radius 2 is 2.00 bits per heavy atom. The van der Waals surface area contributed by atoms with Crippen molar-refractivity contribution < 1.29 is 4.74 Å². The van der Waals surface area contributed by atoms with Gasteiger partial charge in [0.25, 0.3) is 0 Å². The molecule has 0 radical (unpaired) electrons. The van der Waals surface area contributed by atoms with Crippen molar-refractivity contribution in [3.8, 4) is 5.75 Å². The second-order valence-electron chi connectivity index (χ2n) is 5.50. The zero-order chi connectivity index (χ0) is 12.0. The van der Waals surface area contributed by atoms with Gasteiger partial charge in [-0.3, -0.25) is 0 Å². The van der Waals surface area contributed by atoms with Crippen molar-refractivity contribution in [1.29, 1.82) is 0 Å². The molecule has 1 atom stereocenters. The third kappa shape index (κ3) is 1.36. The highest BCUT2D eigenvalue weighted by Crippen LogP contribution is 2.65. The Balaban J connectivity index is 2.56. The fraction of sp³-hybridized carbons (Fsp3) is 0.571. The molecule has 1 aliphatic rings. The Morgan fingerprint density at radius 1 is 1.38 bits per heavy atom. The lowest BCUT2D eigenvalue weighted by Crippen LogP contribution is -2.26. The summed E-state index contributed by atoms with van der Waals surface area (Å²) in [6.45, 7) is 7.41. The first-order chi connectivity index (χ1) is 7.48. The minimum Gasteiger partial charge on any atom is -0.496 e. The Morgan fingerprint density at radius 3 is 2.44 bits per heavy atom. The van der Waals surface area contributed by atoms with E-state index in [2.05, 4.69) is 26.8 Å². The number of rotatable bonds is 3. The third-order valence-electron chi connectivity index (χ3n) is 4.20. The lowest BCUT2D eigenvalue weighted by molar-refractivity contribution is 0.394. The molecule has 0 bridgehead atoms. The lowest BCUT2D eigenvalue weighted by atomic mass is 9.84. The third-order valence-corrected chi connectivity index (χ3v) is 4.20. The Labute approximate surface area is 97.8 Å². The van der Waals surface area contributed by atoms with E-state index in [1.807, 2.05) is 12.1 Å². The fourth-order valence-corrected chi connectivity index (χ4v) is 3.01. The van der Waals surface area contributed by atoms with Crippen LogP contribution in [0.2, 0.25) is 0 Å². The van der Waals surface area contributed by atoms with Crippen LogP contribution in [0.25, 0.3) is 0 Å². The van der Waals surface area contributed by atoms with Crippen molar-refractivity contribution in [2.75, 3.05) is 13.7 Å². The smallest absolute Gasteiger partial charge is 0.122 e. The first kappa shape index (κ1) is 11.5. The highest BCUT2D eigenvalue weighted by Gasteiger charge is 2.62. The molecule has 0 aromatic heterocycles. The van der Waals surface area contributed by atoms with Gasteiger partial charge in [0.2, 0.25) is 0 Å². The average Bonchev–Trinajstić information content (AvgIpc) is 2.81. The minimum atomic E-state index is 0.115. The molecule has 2 N–H and O–H groups in total. The standard InChI is InChI=1S/C14H21NO/c1-10-6-5-7-11(16-4)12(10)14(9-15)8-13(14,2)3/h5-7H,8-9,15H2,1-4H3. The van der Waals surface area contributed by atoms with Crippen LogP contribution in [0.4, 0.5) is 0 Å². The zero-order valence-electron chi connectivity index (χ0n) is 10.6. The molecule has 1 aromatic rings. The molecule has 1 aromatic carbocycles. The van der Waals surface area contributed by atoms with Crippen LogP contribution in [0.1, 0.15) is 31.4 Å². The summed E-state index contributed by atoms with van der Waals surface area (Å²) in [5.41, 5.74) is 9.02.